The van der Waals surface area contributed by atoms with Crippen LogP contribution in [0.3, 0.4) is 0 Å². The molecule has 0 saturated carbocycles. The van der Waals surface area contributed by atoms with Crippen molar-refractivity contribution in [3.8, 4) is 0 Å². The Balaban J connectivity index is 1.86. The first-order valence-electron chi connectivity index (χ1n) is 7.92. The summed E-state index contributed by atoms with van der Waals surface area (Å²) in [4.78, 5) is 16.2. The molecule has 1 aromatic heterocycles. The molecule has 2 heterocycles. The number of unbranched alkanes of at least 4 members (excludes halogenated alkanes) is 1. The summed E-state index contributed by atoms with van der Waals surface area (Å²) < 4.78 is 25.8. The number of pyridine rings is 1. The summed E-state index contributed by atoms with van der Waals surface area (Å²) in [5, 5.41) is 2.80. The van der Waals surface area contributed by atoms with Crippen molar-refractivity contribution in [1.82, 2.24) is 9.29 Å². The fourth-order valence-electron chi connectivity index (χ4n) is 2.58. The van der Waals surface area contributed by atoms with E-state index in [0.717, 1.165) is 6.42 Å². The van der Waals surface area contributed by atoms with Gasteiger partial charge in [0.25, 0.3) is 0 Å². The third kappa shape index (κ3) is 4.90. The fraction of sp³-hybridized carbons (Fsp3) is 0.600. The first-order chi connectivity index (χ1) is 10.9. The third-order valence-electron chi connectivity index (χ3n) is 4.03. The van der Waals surface area contributed by atoms with Gasteiger partial charge >= 0.3 is 0 Å². The van der Waals surface area contributed by atoms with Crippen LogP contribution in [-0.2, 0) is 14.8 Å². The average Bonchev–Trinajstić information content (AvgIpc) is 2.55. The summed E-state index contributed by atoms with van der Waals surface area (Å²) in [5.41, 5.74) is 6.10. The molecule has 1 fully saturated rings. The van der Waals surface area contributed by atoms with E-state index in [1.54, 1.807) is 12.1 Å². The van der Waals surface area contributed by atoms with Crippen molar-refractivity contribution in [1.29, 1.82) is 0 Å². The molecule has 2 rings (SSSR count). The van der Waals surface area contributed by atoms with Crippen LogP contribution in [0.5, 0.6) is 0 Å². The zero-order chi connectivity index (χ0) is 16.9. The smallest absolute Gasteiger partial charge is 0.227 e. The van der Waals surface area contributed by atoms with Crippen molar-refractivity contribution >= 4 is 27.4 Å². The van der Waals surface area contributed by atoms with Crippen molar-refractivity contribution in [2.24, 2.45) is 5.92 Å². The van der Waals surface area contributed by atoms with Crippen molar-refractivity contribution in [3.05, 3.63) is 18.3 Å². The minimum Gasteiger partial charge on any atom is -0.384 e. The number of sulfonamides is 1. The predicted octanol–water partition coefficient (Wildman–Crippen LogP) is 1.44. The number of amides is 1. The molecular weight excluding hydrogens is 316 g/mol. The van der Waals surface area contributed by atoms with Crippen molar-refractivity contribution < 1.29 is 13.2 Å². The van der Waals surface area contributed by atoms with Crippen LogP contribution in [0.4, 0.5) is 11.5 Å². The predicted molar refractivity (Wildman–Crippen MR) is 90.3 cm³/mol. The molecule has 23 heavy (non-hydrogen) atoms. The summed E-state index contributed by atoms with van der Waals surface area (Å²) in [6.45, 7) is 2.78. The number of rotatable bonds is 6. The number of carbonyl (C=O) groups excluding carboxylic acids is 1. The number of carbonyl (C=O) groups is 1. The highest BCUT2D eigenvalue weighted by atomic mass is 32.2. The van der Waals surface area contributed by atoms with Gasteiger partial charge in [0, 0.05) is 19.0 Å². The number of nitrogens with one attached hydrogen (secondary N) is 1. The van der Waals surface area contributed by atoms with E-state index in [0.29, 0.717) is 43.9 Å². The molecular formula is C15H24N4O3S. The van der Waals surface area contributed by atoms with E-state index >= 15 is 0 Å². The molecule has 0 spiro atoms. The van der Waals surface area contributed by atoms with E-state index in [4.69, 9.17) is 5.73 Å². The van der Waals surface area contributed by atoms with E-state index in [9.17, 15) is 13.2 Å². The lowest BCUT2D eigenvalue weighted by atomic mass is 9.97. The minimum absolute atomic E-state index is 0.0952. The molecule has 1 aliphatic heterocycles. The van der Waals surface area contributed by atoms with Gasteiger partial charge in [-0.2, -0.15) is 0 Å². The summed E-state index contributed by atoms with van der Waals surface area (Å²) in [6.07, 6.45) is 4.12. The van der Waals surface area contributed by atoms with Crippen LogP contribution >= 0.6 is 0 Å². The lowest BCUT2D eigenvalue weighted by Gasteiger charge is -2.30. The van der Waals surface area contributed by atoms with E-state index in [2.05, 4.69) is 10.3 Å². The maximum Gasteiger partial charge on any atom is 0.227 e. The topological polar surface area (TPSA) is 105 Å². The number of hydrogen-bond acceptors (Lipinski definition) is 5. The molecule has 0 bridgehead atoms. The Kier molecular flexibility index (Phi) is 5.95. The number of nitrogens with two attached hydrogens (primary N) is 1. The Hall–Kier alpha value is -1.67. The molecule has 0 radical (unpaired) electrons. The maximum absolute atomic E-state index is 12.2. The summed E-state index contributed by atoms with van der Waals surface area (Å²) >= 11 is 0. The summed E-state index contributed by atoms with van der Waals surface area (Å²) in [5.74, 6) is 0.318. The second-order valence-electron chi connectivity index (χ2n) is 5.80. The molecule has 7 nitrogen and oxygen atoms in total. The number of anilines is 2. The monoisotopic (exact) mass is 340 g/mol. The standard InChI is InChI=1S/C15H24N4O3S/c1-2-3-10-23(21,22)19-8-6-12(7-9-19)15(20)18-13-4-5-14(16)17-11-13/h4-5,11-12H,2-3,6-10H2,1H3,(H2,16,17)(H,18,20). The number of nitrogens with zero attached hydrogens (tertiary/aromatic N) is 2. The summed E-state index contributed by atoms with van der Waals surface area (Å²) in [6, 6.07) is 3.32. The molecule has 1 aliphatic rings. The van der Waals surface area contributed by atoms with Gasteiger partial charge in [-0.15, -0.1) is 0 Å². The van der Waals surface area contributed by atoms with E-state index in [1.807, 2.05) is 6.92 Å². The molecule has 0 unspecified atom stereocenters. The first kappa shape index (κ1) is 17.7. The van der Waals surface area contributed by atoms with E-state index < -0.39 is 10.0 Å². The normalized spacial score (nSPS) is 17.1. The highest BCUT2D eigenvalue weighted by molar-refractivity contribution is 7.89. The van der Waals surface area contributed by atoms with Crippen LogP contribution in [0.15, 0.2) is 18.3 Å². The zero-order valence-corrected chi connectivity index (χ0v) is 14.2. The zero-order valence-electron chi connectivity index (χ0n) is 13.4. The van der Waals surface area contributed by atoms with Gasteiger partial charge in [-0.3, -0.25) is 4.79 Å². The van der Waals surface area contributed by atoms with Gasteiger partial charge in [-0.05, 0) is 31.4 Å². The molecule has 8 heteroatoms. The van der Waals surface area contributed by atoms with Crippen molar-refractivity contribution in [2.75, 3.05) is 29.9 Å². The van der Waals surface area contributed by atoms with Gasteiger partial charge in [0.2, 0.25) is 15.9 Å². The maximum atomic E-state index is 12.2. The van der Waals surface area contributed by atoms with Crippen LogP contribution in [0, 0.1) is 5.92 Å². The number of nitrogen functional groups attached to an aromatic ring is 1. The average molecular weight is 340 g/mol. The molecule has 0 aromatic carbocycles. The van der Waals surface area contributed by atoms with Crippen LogP contribution in [0.2, 0.25) is 0 Å². The van der Waals surface area contributed by atoms with E-state index in [1.165, 1.54) is 10.5 Å². The molecule has 0 atom stereocenters. The van der Waals surface area contributed by atoms with Gasteiger partial charge in [-0.25, -0.2) is 17.7 Å². The molecule has 1 amide bonds. The Bertz CT molecular complexity index is 623. The molecule has 3 N–H and O–H groups in total. The highest BCUT2D eigenvalue weighted by Gasteiger charge is 2.30. The fourth-order valence-corrected chi connectivity index (χ4v) is 4.25. The SMILES string of the molecule is CCCCS(=O)(=O)N1CCC(C(=O)Nc2ccc(N)nc2)CC1. The number of aromatic nitrogens is 1. The minimum atomic E-state index is -3.18. The van der Waals surface area contributed by atoms with Gasteiger partial charge in [0.05, 0.1) is 17.6 Å². The second kappa shape index (κ2) is 7.74. The quantitative estimate of drug-likeness (QED) is 0.815. The van der Waals surface area contributed by atoms with Crippen molar-refractivity contribution in [2.45, 2.75) is 32.6 Å². The van der Waals surface area contributed by atoms with Gasteiger partial charge in [-0.1, -0.05) is 13.3 Å². The Morgan fingerprint density at radius 1 is 1.39 bits per heavy atom. The molecule has 1 aromatic rings. The van der Waals surface area contributed by atoms with Gasteiger partial charge < -0.3 is 11.1 Å². The van der Waals surface area contributed by atoms with Crippen molar-refractivity contribution in [3.63, 3.8) is 0 Å². The Morgan fingerprint density at radius 3 is 2.65 bits per heavy atom. The number of piperidine rings is 1. The van der Waals surface area contributed by atoms with Crippen LogP contribution in [-0.4, -0.2) is 42.5 Å². The Morgan fingerprint density at radius 2 is 2.09 bits per heavy atom. The largest absolute Gasteiger partial charge is 0.384 e. The third-order valence-corrected chi connectivity index (χ3v) is 5.98. The van der Waals surface area contributed by atoms with Gasteiger partial charge in [0.1, 0.15) is 5.82 Å². The molecule has 128 valence electrons. The first-order valence-corrected chi connectivity index (χ1v) is 9.53. The summed E-state index contributed by atoms with van der Waals surface area (Å²) in [7, 11) is -3.18. The Labute approximate surface area is 137 Å². The lowest BCUT2D eigenvalue weighted by molar-refractivity contribution is -0.120. The van der Waals surface area contributed by atoms with Gasteiger partial charge in [0.15, 0.2) is 0 Å². The van der Waals surface area contributed by atoms with Crippen LogP contribution in [0.25, 0.3) is 0 Å². The highest BCUT2D eigenvalue weighted by Crippen LogP contribution is 2.22. The molecule has 1 saturated heterocycles. The number of hydrogen-bond donors (Lipinski definition) is 2. The van der Waals surface area contributed by atoms with Crippen LogP contribution < -0.4 is 11.1 Å². The lowest BCUT2D eigenvalue weighted by Crippen LogP contribution is -2.42. The second-order valence-corrected chi connectivity index (χ2v) is 7.89. The van der Waals surface area contributed by atoms with E-state index in [-0.39, 0.29) is 17.6 Å². The van der Waals surface area contributed by atoms with Crippen LogP contribution in [0.1, 0.15) is 32.6 Å². The molecule has 0 aliphatic carbocycles.